The summed E-state index contributed by atoms with van der Waals surface area (Å²) in [5.41, 5.74) is 3.16. The van der Waals surface area contributed by atoms with E-state index in [-0.39, 0.29) is 11.8 Å². The number of morpholine rings is 1. The van der Waals surface area contributed by atoms with E-state index in [0.717, 1.165) is 16.0 Å². The van der Waals surface area contributed by atoms with Crippen molar-refractivity contribution in [2.75, 3.05) is 38.2 Å². The Morgan fingerprint density at radius 2 is 1.89 bits per heavy atom. The van der Waals surface area contributed by atoms with E-state index in [1.54, 1.807) is 6.07 Å². The highest BCUT2D eigenvalue weighted by Gasteiger charge is 2.30. The van der Waals surface area contributed by atoms with Crippen molar-refractivity contribution in [3.63, 3.8) is 0 Å². The first kappa shape index (κ1) is 18.2. The van der Waals surface area contributed by atoms with E-state index in [1.807, 2.05) is 30.0 Å². The van der Waals surface area contributed by atoms with Crippen LogP contribution in [0.5, 0.6) is 0 Å². The molecule has 27 heavy (non-hydrogen) atoms. The van der Waals surface area contributed by atoms with Crippen molar-refractivity contribution in [3.8, 4) is 0 Å². The normalized spacial score (nSPS) is 16.7. The molecule has 6 nitrogen and oxygen atoms in total. The molecule has 0 radical (unpaired) electrons. The Bertz CT molecular complexity index is 871. The fraction of sp³-hybridized carbons (Fsp3) is 0.400. The van der Waals surface area contributed by atoms with Gasteiger partial charge in [-0.1, -0.05) is 18.2 Å². The monoisotopic (exact) mass is 386 g/mol. The van der Waals surface area contributed by atoms with Gasteiger partial charge in [-0.2, -0.15) is 0 Å². The fourth-order valence-corrected chi connectivity index (χ4v) is 4.64. The maximum absolute atomic E-state index is 13.2. The molecule has 0 unspecified atom stereocenters. The van der Waals surface area contributed by atoms with Crippen molar-refractivity contribution in [2.24, 2.45) is 0 Å². The Morgan fingerprint density at radius 3 is 2.67 bits per heavy atom. The average Bonchev–Trinajstić information content (AvgIpc) is 3.06. The minimum atomic E-state index is -0.191. The number of fused-ring (bicyclic) bond motifs is 1. The zero-order valence-corrected chi connectivity index (χ0v) is 16.1. The van der Waals surface area contributed by atoms with Gasteiger partial charge in [0.1, 0.15) is 5.00 Å². The molecule has 7 heteroatoms. The molecule has 0 aliphatic carbocycles. The molecule has 3 heterocycles. The van der Waals surface area contributed by atoms with Gasteiger partial charge in [-0.15, -0.1) is 11.3 Å². The second-order valence-corrected chi connectivity index (χ2v) is 7.79. The summed E-state index contributed by atoms with van der Waals surface area (Å²) in [6, 6.07) is 7.45. The van der Waals surface area contributed by atoms with Crippen molar-refractivity contribution in [1.82, 2.24) is 4.90 Å². The predicted molar refractivity (Wildman–Crippen MR) is 104 cm³/mol. The minimum absolute atomic E-state index is 0.0298. The Kier molecular flexibility index (Phi) is 5.24. The number of benzene rings is 1. The van der Waals surface area contributed by atoms with E-state index >= 15 is 0 Å². The number of nitrogens with zero attached hydrogens (tertiary/aromatic N) is 1. The smallest absolute Gasteiger partial charge is 0.257 e. The summed E-state index contributed by atoms with van der Waals surface area (Å²) in [4.78, 5) is 28.9. The maximum atomic E-state index is 13.2. The molecule has 1 saturated heterocycles. The molecule has 0 spiro atoms. The van der Waals surface area contributed by atoms with Crippen molar-refractivity contribution >= 4 is 28.2 Å². The number of nitrogens with one attached hydrogen (secondary N) is 1. The van der Waals surface area contributed by atoms with Crippen LogP contribution in [0.2, 0.25) is 0 Å². The maximum Gasteiger partial charge on any atom is 0.257 e. The summed E-state index contributed by atoms with van der Waals surface area (Å²) in [5, 5.41) is 3.61. The number of anilines is 1. The molecule has 2 aliphatic heterocycles. The van der Waals surface area contributed by atoms with Gasteiger partial charge in [0, 0.05) is 23.5 Å². The number of amides is 2. The summed E-state index contributed by atoms with van der Waals surface area (Å²) in [7, 11) is 0. The molecule has 2 aliphatic rings. The highest BCUT2D eigenvalue weighted by Crippen LogP contribution is 2.37. The molecule has 1 aromatic heterocycles. The van der Waals surface area contributed by atoms with Gasteiger partial charge in [0.2, 0.25) is 0 Å². The van der Waals surface area contributed by atoms with Gasteiger partial charge in [0.15, 0.2) is 0 Å². The number of hydrogen-bond acceptors (Lipinski definition) is 5. The first-order valence-electron chi connectivity index (χ1n) is 9.11. The van der Waals surface area contributed by atoms with Crippen LogP contribution in [0.15, 0.2) is 24.3 Å². The van der Waals surface area contributed by atoms with Crippen molar-refractivity contribution in [2.45, 2.75) is 20.0 Å². The van der Waals surface area contributed by atoms with Gasteiger partial charge in [0.25, 0.3) is 11.8 Å². The highest BCUT2D eigenvalue weighted by atomic mass is 32.1. The largest absolute Gasteiger partial charge is 0.378 e. The van der Waals surface area contributed by atoms with Crippen LogP contribution < -0.4 is 5.32 Å². The zero-order chi connectivity index (χ0) is 18.8. The quantitative estimate of drug-likeness (QED) is 0.881. The van der Waals surface area contributed by atoms with Crippen LogP contribution in [0.1, 0.15) is 36.7 Å². The molecule has 142 valence electrons. The Morgan fingerprint density at radius 1 is 1.11 bits per heavy atom. The summed E-state index contributed by atoms with van der Waals surface area (Å²) in [6.07, 6.45) is 0.692. The number of carbonyl (C=O) groups is 2. The van der Waals surface area contributed by atoms with Crippen molar-refractivity contribution in [1.29, 1.82) is 0 Å². The van der Waals surface area contributed by atoms with E-state index < -0.39 is 0 Å². The van der Waals surface area contributed by atoms with Gasteiger partial charge in [-0.25, -0.2) is 0 Å². The van der Waals surface area contributed by atoms with Crippen LogP contribution >= 0.6 is 11.3 Å². The molecule has 1 fully saturated rings. The second-order valence-electron chi connectivity index (χ2n) is 6.68. The number of thiophene rings is 1. The summed E-state index contributed by atoms with van der Waals surface area (Å²) in [6.45, 7) is 5.23. The molecule has 0 atom stereocenters. The number of rotatable bonds is 3. The zero-order valence-electron chi connectivity index (χ0n) is 15.2. The Hall–Kier alpha value is -2.22. The van der Waals surface area contributed by atoms with E-state index in [2.05, 4.69) is 5.32 Å². The summed E-state index contributed by atoms with van der Waals surface area (Å²) < 4.78 is 10.9. The van der Waals surface area contributed by atoms with Crippen LogP contribution in [0.4, 0.5) is 5.00 Å². The first-order valence-corrected chi connectivity index (χ1v) is 9.93. The average molecular weight is 386 g/mol. The predicted octanol–water partition coefficient (Wildman–Crippen LogP) is 2.85. The van der Waals surface area contributed by atoms with Crippen LogP contribution in [0, 0.1) is 6.92 Å². The Balaban J connectivity index is 1.67. The first-order chi connectivity index (χ1) is 13.1. The van der Waals surface area contributed by atoms with E-state index in [9.17, 15) is 9.59 Å². The molecule has 1 aromatic carbocycles. The highest BCUT2D eigenvalue weighted by molar-refractivity contribution is 7.17. The van der Waals surface area contributed by atoms with Gasteiger partial charge >= 0.3 is 0 Å². The molecular formula is C20H22N2O4S. The van der Waals surface area contributed by atoms with Gasteiger partial charge in [-0.3, -0.25) is 9.59 Å². The fourth-order valence-electron chi connectivity index (χ4n) is 3.47. The van der Waals surface area contributed by atoms with Crippen LogP contribution in [-0.4, -0.2) is 49.6 Å². The standard InChI is InChI=1S/C20H22N2O4S/c1-13-4-2-3-5-14(13)18(23)21-19-17(15-6-9-26-12-16(15)27-19)20(24)22-7-10-25-11-8-22/h2-5H,6-12H2,1H3,(H,21,23). The number of ether oxygens (including phenoxy) is 2. The third kappa shape index (κ3) is 3.63. The van der Waals surface area contributed by atoms with Crippen molar-refractivity contribution < 1.29 is 19.1 Å². The summed E-state index contributed by atoms with van der Waals surface area (Å²) >= 11 is 1.45. The number of carbonyl (C=O) groups excluding carboxylic acids is 2. The minimum Gasteiger partial charge on any atom is -0.378 e. The van der Waals surface area contributed by atoms with Crippen LogP contribution in [-0.2, 0) is 22.5 Å². The lowest BCUT2D eigenvalue weighted by Crippen LogP contribution is -2.41. The lowest BCUT2D eigenvalue weighted by molar-refractivity contribution is 0.0302. The molecular weight excluding hydrogens is 364 g/mol. The van der Waals surface area contributed by atoms with Gasteiger partial charge in [-0.05, 0) is 30.5 Å². The molecule has 4 rings (SSSR count). The van der Waals surface area contributed by atoms with Gasteiger partial charge < -0.3 is 19.7 Å². The second kappa shape index (κ2) is 7.80. The lowest BCUT2D eigenvalue weighted by atomic mass is 10.0. The van der Waals surface area contributed by atoms with E-state index in [0.29, 0.717) is 62.1 Å². The SMILES string of the molecule is Cc1ccccc1C(=O)Nc1sc2c(c1C(=O)N1CCOCC1)CCOC2. The summed E-state index contributed by atoms with van der Waals surface area (Å²) in [5.74, 6) is -0.221. The molecule has 2 aromatic rings. The van der Waals surface area contributed by atoms with E-state index in [4.69, 9.17) is 9.47 Å². The number of hydrogen-bond donors (Lipinski definition) is 1. The number of aryl methyl sites for hydroxylation is 1. The lowest BCUT2D eigenvalue weighted by Gasteiger charge is -2.27. The molecule has 0 saturated carbocycles. The molecule has 0 bridgehead atoms. The van der Waals surface area contributed by atoms with Crippen LogP contribution in [0.25, 0.3) is 0 Å². The molecule has 1 N–H and O–H groups in total. The topological polar surface area (TPSA) is 67.9 Å². The third-order valence-electron chi connectivity index (χ3n) is 4.95. The van der Waals surface area contributed by atoms with Gasteiger partial charge in [0.05, 0.1) is 32.0 Å². The Labute approximate surface area is 162 Å². The van der Waals surface area contributed by atoms with Crippen LogP contribution in [0.3, 0.4) is 0 Å². The van der Waals surface area contributed by atoms with Crippen molar-refractivity contribution in [3.05, 3.63) is 51.4 Å². The third-order valence-corrected chi connectivity index (χ3v) is 6.07. The molecule has 2 amide bonds. The van der Waals surface area contributed by atoms with E-state index in [1.165, 1.54) is 11.3 Å².